The number of ether oxygens (including phenoxy) is 1. The summed E-state index contributed by atoms with van der Waals surface area (Å²) in [4.78, 5) is 2.23. The molecule has 1 aliphatic heterocycles. The van der Waals surface area contributed by atoms with Crippen LogP contribution in [0.3, 0.4) is 0 Å². The quantitative estimate of drug-likeness (QED) is 0.874. The second kappa shape index (κ2) is 4.81. The highest BCUT2D eigenvalue weighted by Gasteiger charge is 2.26. The lowest BCUT2D eigenvalue weighted by Crippen LogP contribution is -2.41. The van der Waals surface area contributed by atoms with Gasteiger partial charge in [0.25, 0.3) is 0 Å². The second-order valence-corrected chi connectivity index (χ2v) is 6.02. The van der Waals surface area contributed by atoms with Gasteiger partial charge in [-0.2, -0.15) is 0 Å². The number of hydrogen-bond acceptors (Lipinski definition) is 3. The number of likely N-dealkylation sites (N-methyl/N-ethyl adjacent to an activating group) is 1. The summed E-state index contributed by atoms with van der Waals surface area (Å²) in [7, 11) is 2.08. The van der Waals surface area contributed by atoms with E-state index in [0.29, 0.717) is 6.61 Å². The summed E-state index contributed by atoms with van der Waals surface area (Å²) in [6.45, 7) is 7.49. The van der Waals surface area contributed by atoms with Crippen molar-refractivity contribution in [2.75, 3.05) is 25.2 Å². The molecule has 3 heteroatoms. The van der Waals surface area contributed by atoms with Crippen molar-refractivity contribution in [1.29, 1.82) is 0 Å². The van der Waals surface area contributed by atoms with E-state index in [0.717, 1.165) is 17.9 Å². The molecule has 0 bridgehead atoms. The van der Waals surface area contributed by atoms with E-state index in [9.17, 15) is 0 Å². The topological polar surface area (TPSA) is 32.7 Å². The van der Waals surface area contributed by atoms with E-state index in [1.807, 2.05) is 0 Å². The third-order valence-corrected chi connectivity index (χ3v) is 3.65. The fourth-order valence-corrected chi connectivity index (χ4v) is 2.30. The molecule has 1 atom stereocenters. The largest absolute Gasteiger partial charge is 0.489 e. The maximum absolute atomic E-state index is 9.09. The Balaban J connectivity index is 2.33. The fourth-order valence-electron chi connectivity index (χ4n) is 2.30. The molecule has 0 radical (unpaired) electrons. The van der Waals surface area contributed by atoms with Gasteiger partial charge in [-0.25, -0.2) is 0 Å². The minimum atomic E-state index is 0.139. The molecule has 1 aromatic carbocycles. The number of benzene rings is 1. The van der Waals surface area contributed by atoms with Crippen molar-refractivity contribution in [3.8, 4) is 5.75 Å². The van der Waals surface area contributed by atoms with Gasteiger partial charge in [-0.15, -0.1) is 0 Å². The lowest BCUT2D eigenvalue weighted by molar-refractivity contribution is 0.219. The molecule has 0 saturated carbocycles. The molecule has 1 unspecified atom stereocenters. The van der Waals surface area contributed by atoms with Crippen LogP contribution in [-0.2, 0) is 5.41 Å². The van der Waals surface area contributed by atoms with Crippen LogP contribution in [0, 0.1) is 0 Å². The Hall–Kier alpha value is -1.22. The van der Waals surface area contributed by atoms with Crippen molar-refractivity contribution < 1.29 is 9.84 Å². The molecule has 1 N–H and O–H groups in total. The van der Waals surface area contributed by atoms with E-state index >= 15 is 0 Å². The van der Waals surface area contributed by atoms with E-state index in [2.05, 4.69) is 50.9 Å². The fraction of sp³-hybridized carbons (Fsp3) is 0.600. The standard InChI is InChI=1S/C15H23NO2/c1-15(2,3)11-5-6-14-13(9-11)16(4)12(7-8-17)10-18-14/h5-6,9,12,17H,7-8,10H2,1-4H3. The van der Waals surface area contributed by atoms with E-state index in [-0.39, 0.29) is 18.1 Å². The number of aliphatic hydroxyl groups is 1. The number of hydrogen-bond donors (Lipinski definition) is 1. The Morgan fingerprint density at radius 3 is 2.72 bits per heavy atom. The Morgan fingerprint density at radius 2 is 2.11 bits per heavy atom. The minimum Gasteiger partial charge on any atom is -0.489 e. The molecule has 0 saturated heterocycles. The normalized spacial score (nSPS) is 19.4. The van der Waals surface area contributed by atoms with Gasteiger partial charge in [0, 0.05) is 13.7 Å². The van der Waals surface area contributed by atoms with Crippen molar-refractivity contribution in [1.82, 2.24) is 0 Å². The first-order chi connectivity index (χ1) is 8.43. The van der Waals surface area contributed by atoms with E-state index in [1.54, 1.807) is 0 Å². The molecular formula is C15H23NO2. The van der Waals surface area contributed by atoms with Crippen LogP contribution in [0.4, 0.5) is 5.69 Å². The van der Waals surface area contributed by atoms with Gasteiger partial charge in [-0.1, -0.05) is 26.8 Å². The van der Waals surface area contributed by atoms with Crippen LogP contribution in [0.15, 0.2) is 18.2 Å². The first-order valence-corrected chi connectivity index (χ1v) is 6.54. The number of anilines is 1. The van der Waals surface area contributed by atoms with Crippen molar-refractivity contribution in [2.24, 2.45) is 0 Å². The van der Waals surface area contributed by atoms with Crippen molar-refractivity contribution in [3.63, 3.8) is 0 Å². The van der Waals surface area contributed by atoms with Gasteiger partial charge in [0.05, 0.1) is 11.7 Å². The lowest BCUT2D eigenvalue weighted by Gasteiger charge is -2.36. The molecule has 1 aromatic rings. The zero-order valence-corrected chi connectivity index (χ0v) is 11.7. The van der Waals surface area contributed by atoms with Crippen LogP contribution in [0.1, 0.15) is 32.8 Å². The van der Waals surface area contributed by atoms with Crippen LogP contribution in [-0.4, -0.2) is 31.4 Å². The number of aliphatic hydroxyl groups excluding tert-OH is 1. The molecule has 1 heterocycles. The van der Waals surface area contributed by atoms with Gasteiger partial charge in [0.2, 0.25) is 0 Å². The summed E-state index contributed by atoms with van der Waals surface area (Å²) in [6.07, 6.45) is 0.746. The summed E-state index contributed by atoms with van der Waals surface area (Å²) in [5, 5.41) is 9.09. The zero-order valence-electron chi connectivity index (χ0n) is 11.7. The number of nitrogens with zero attached hydrogens (tertiary/aromatic N) is 1. The maximum Gasteiger partial charge on any atom is 0.142 e. The second-order valence-electron chi connectivity index (χ2n) is 6.02. The van der Waals surface area contributed by atoms with Crippen LogP contribution < -0.4 is 9.64 Å². The highest BCUT2D eigenvalue weighted by molar-refractivity contribution is 5.62. The smallest absolute Gasteiger partial charge is 0.142 e. The van der Waals surface area contributed by atoms with Gasteiger partial charge in [-0.3, -0.25) is 0 Å². The molecular weight excluding hydrogens is 226 g/mol. The predicted molar refractivity (Wildman–Crippen MR) is 74.5 cm³/mol. The molecule has 0 aliphatic carbocycles. The first kappa shape index (κ1) is 13.2. The molecule has 2 rings (SSSR count). The molecule has 0 spiro atoms. The molecule has 0 amide bonds. The third-order valence-electron chi connectivity index (χ3n) is 3.65. The highest BCUT2D eigenvalue weighted by Crippen LogP contribution is 2.37. The monoisotopic (exact) mass is 249 g/mol. The van der Waals surface area contributed by atoms with Crippen LogP contribution in [0.5, 0.6) is 5.75 Å². The molecule has 0 fully saturated rings. The van der Waals surface area contributed by atoms with Crippen molar-refractivity contribution in [2.45, 2.75) is 38.6 Å². The number of rotatable bonds is 2. The van der Waals surface area contributed by atoms with Gasteiger partial charge < -0.3 is 14.7 Å². The summed E-state index contributed by atoms with van der Waals surface area (Å²) in [6, 6.07) is 6.66. The third kappa shape index (κ3) is 2.46. The van der Waals surface area contributed by atoms with Crippen LogP contribution >= 0.6 is 0 Å². The average Bonchev–Trinajstić information content (AvgIpc) is 2.31. The van der Waals surface area contributed by atoms with Crippen molar-refractivity contribution >= 4 is 5.69 Å². The lowest BCUT2D eigenvalue weighted by atomic mass is 9.86. The summed E-state index contributed by atoms with van der Waals surface area (Å²) in [5.74, 6) is 0.944. The van der Waals surface area contributed by atoms with E-state index in [1.165, 1.54) is 5.56 Å². The van der Waals surface area contributed by atoms with Gasteiger partial charge in [-0.05, 0) is 29.5 Å². The molecule has 0 aromatic heterocycles. The van der Waals surface area contributed by atoms with E-state index in [4.69, 9.17) is 9.84 Å². The zero-order chi connectivity index (χ0) is 13.3. The van der Waals surface area contributed by atoms with Gasteiger partial charge in [0.1, 0.15) is 12.4 Å². The SMILES string of the molecule is CN1c2cc(C(C)(C)C)ccc2OCC1CCO. The van der Waals surface area contributed by atoms with Crippen molar-refractivity contribution in [3.05, 3.63) is 23.8 Å². The number of fused-ring (bicyclic) bond motifs is 1. The van der Waals surface area contributed by atoms with Gasteiger partial charge in [0.15, 0.2) is 0 Å². The Bertz CT molecular complexity index is 423. The Morgan fingerprint density at radius 1 is 1.39 bits per heavy atom. The summed E-state index contributed by atoms with van der Waals surface area (Å²) >= 11 is 0. The summed E-state index contributed by atoms with van der Waals surface area (Å²) < 4.78 is 5.77. The van der Waals surface area contributed by atoms with Crippen LogP contribution in [0.25, 0.3) is 0 Å². The molecule has 1 aliphatic rings. The van der Waals surface area contributed by atoms with E-state index < -0.39 is 0 Å². The first-order valence-electron chi connectivity index (χ1n) is 6.54. The maximum atomic E-state index is 9.09. The Kier molecular flexibility index (Phi) is 3.53. The average molecular weight is 249 g/mol. The predicted octanol–water partition coefficient (Wildman–Crippen LogP) is 2.56. The highest BCUT2D eigenvalue weighted by atomic mass is 16.5. The van der Waals surface area contributed by atoms with Gasteiger partial charge >= 0.3 is 0 Å². The molecule has 100 valence electrons. The molecule has 18 heavy (non-hydrogen) atoms. The summed E-state index contributed by atoms with van der Waals surface area (Å²) in [5.41, 5.74) is 2.58. The van der Waals surface area contributed by atoms with Crippen LogP contribution in [0.2, 0.25) is 0 Å². The molecule has 3 nitrogen and oxygen atoms in total. The minimum absolute atomic E-state index is 0.139. The Labute approximate surface area is 109 Å².